The summed E-state index contributed by atoms with van der Waals surface area (Å²) in [6.07, 6.45) is 3.84. The molecule has 9 heteroatoms. The molecular weight excluding hydrogens is 399 g/mol. The SMILES string of the molecule is CCOS(=O)(=O)[O-].CC[n+]1c(/C=C/N(C)c2ccccc2)oc2ccc(F)cc21. The topological polar surface area (TPSA) is 86.7 Å². The Morgan fingerprint density at radius 2 is 1.90 bits per heavy atom. The van der Waals surface area contributed by atoms with Crippen molar-refractivity contribution in [2.45, 2.75) is 20.4 Å². The summed E-state index contributed by atoms with van der Waals surface area (Å²) in [5, 5.41) is 0. The first-order valence-electron chi connectivity index (χ1n) is 8.93. The van der Waals surface area contributed by atoms with Crippen LogP contribution in [0.25, 0.3) is 17.2 Å². The number of benzene rings is 2. The van der Waals surface area contributed by atoms with Gasteiger partial charge in [-0.1, -0.05) is 18.2 Å². The minimum atomic E-state index is -4.42. The predicted molar refractivity (Wildman–Crippen MR) is 107 cm³/mol. The second-order valence-corrected chi connectivity index (χ2v) is 6.93. The molecule has 2 aromatic carbocycles. The summed E-state index contributed by atoms with van der Waals surface area (Å²) in [5.41, 5.74) is 2.54. The molecule has 7 nitrogen and oxygen atoms in total. The number of halogens is 1. The molecule has 1 aromatic heterocycles. The first kappa shape index (κ1) is 22.5. The lowest BCUT2D eigenvalue weighted by Gasteiger charge is -2.12. The van der Waals surface area contributed by atoms with E-state index in [1.54, 1.807) is 6.07 Å². The normalized spacial score (nSPS) is 11.5. The van der Waals surface area contributed by atoms with E-state index < -0.39 is 10.4 Å². The van der Waals surface area contributed by atoms with E-state index in [0.717, 1.165) is 11.2 Å². The van der Waals surface area contributed by atoms with Crippen molar-refractivity contribution < 1.29 is 30.5 Å². The lowest BCUT2D eigenvalue weighted by molar-refractivity contribution is -0.674. The minimum Gasteiger partial charge on any atom is -0.726 e. The van der Waals surface area contributed by atoms with Crippen LogP contribution in [-0.2, 0) is 21.1 Å². The van der Waals surface area contributed by atoms with Crippen LogP contribution < -0.4 is 9.47 Å². The number of aromatic nitrogens is 1. The molecule has 3 aromatic rings. The Morgan fingerprint density at radius 3 is 2.45 bits per heavy atom. The summed E-state index contributed by atoms with van der Waals surface area (Å²) >= 11 is 0. The van der Waals surface area contributed by atoms with Crippen LogP contribution in [0.3, 0.4) is 0 Å². The van der Waals surface area contributed by atoms with Gasteiger partial charge in [0.25, 0.3) is 5.52 Å². The Morgan fingerprint density at radius 1 is 1.21 bits per heavy atom. The van der Waals surface area contributed by atoms with Gasteiger partial charge < -0.3 is 13.9 Å². The molecule has 156 valence electrons. The second-order valence-electron chi connectivity index (χ2n) is 5.87. The Hall–Kier alpha value is -2.75. The molecule has 0 bridgehead atoms. The zero-order valence-corrected chi connectivity index (χ0v) is 17.2. The molecule has 0 spiro atoms. The van der Waals surface area contributed by atoms with Gasteiger partial charge in [0.1, 0.15) is 12.4 Å². The third-order valence-corrected chi connectivity index (χ3v) is 4.40. The van der Waals surface area contributed by atoms with E-state index >= 15 is 0 Å². The molecule has 0 saturated heterocycles. The molecular formula is C20H23FN2O5S. The molecule has 29 heavy (non-hydrogen) atoms. The van der Waals surface area contributed by atoms with Crippen LogP contribution in [0.15, 0.2) is 59.1 Å². The summed E-state index contributed by atoms with van der Waals surface area (Å²) in [7, 11) is -2.45. The molecule has 0 aliphatic rings. The molecule has 0 saturated carbocycles. The van der Waals surface area contributed by atoms with Crippen LogP contribution in [-0.4, -0.2) is 26.6 Å². The molecule has 0 radical (unpaired) electrons. The molecule has 0 atom stereocenters. The van der Waals surface area contributed by atoms with Crippen LogP contribution in [0, 0.1) is 5.82 Å². The van der Waals surface area contributed by atoms with Crippen LogP contribution in [0.1, 0.15) is 19.7 Å². The van der Waals surface area contributed by atoms with E-state index in [2.05, 4.69) is 4.18 Å². The van der Waals surface area contributed by atoms with E-state index in [-0.39, 0.29) is 12.4 Å². The van der Waals surface area contributed by atoms with Crippen molar-refractivity contribution in [2.24, 2.45) is 0 Å². The molecule has 0 unspecified atom stereocenters. The zero-order valence-electron chi connectivity index (χ0n) is 16.4. The number of hydrogen-bond acceptors (Lipinski definition) is 6. The van der Waals surface area contributed by atoms with Gasteiger partial charge >= 0.3 is 5.89 Å². The Labute approximate surface area is 169 Å². The van der Waals surface area contributed by atoms with Crippen molar-refractivity contribution in [3.63, 3.8) is 0 Å². The highest BCUT2D eigenvalue weighted by molar-refractivity contribution is 7.80. The number of anilines is 1. The number of fused-ring (bicyclic) bond motifs is 1. The van der Waals surface area contributed by atoms with Gasteiger partial charge in [-0.15, -0.1) is 0 Å². The largest absolute Gasteiger partial charge is 0.726 e. The Kier molecular flexibility index (Phi) is 7.89. The lowest BCUT2D eigenvalue weighted by Crippen LogP contribution is -2.33. The van der Waals surface area contributed by atoms with Gasteiger partial charge in [0, 0.05) is 25.0 Å². The Bertz CT molecular complexity index is 1070. The third-order valence-electron chi connectivity index (χ3n) is 3.87. The first-order chi connectivity index (χ1) is 13.7. The molecule has 0 aliphatic heterocycles. The van der Waals surface area contributed by atoms with Crippen molar-refractivity contribution in [1.82, 2.24) is 0 Å². The summed E-state index contributed by atoms with van der Waals surface area (Å²) in [5.74, 6) is 0.443. The van der Waals surface area contributed by atoms with Crippen LogP contribution in [0.4, 0.5) is 10.1 Å². The van der Waals surface area contributed by atoms with Gasteiger partial charge in [-0.25, -0.2) is 12.8 Å². The van der Waals surface area contributed by atoms with Gasteiger partial charge in [0.2, 0.25) is 16.0 Å². The summed E-state index contributed by atoms with van der Waals surface area (Å²) < 4.78 is 53.2. The van der Waals surface area contributed by atoms with Crippen molar-refractivity contribution >= 4 is 33.3 Å². The zero-order chi connectivity index (χ0) is 21.4. The highest BCUT2D eigenvalue weighted by Gasteiger charge is 2.19. The Balaban J connectivity index is 0.000000370. The fourth-order valence-corrected chi connectivity index (χ4v) is 2.88. The predicted octanol–water partition coefficient (Wildman–Crippen LogP) is 3.47. The van der Waals surface area contributed by atoms with E-state index in [4.69, 9.17) is 4.42 Å². The highest BCUT2D eigenvalue weighted by Crippen LogP contribution is 2.17. The van der Waals surface area contributed by atoms with Crippen molar-refractivity contribution in [3.05, 3.63) is 66.4 Å². The molecule has 0 amide bonds. The van der Waals surface area contributed by atoms with Gasteiger partial charge in [-0.3, -0.25) is 4.18 Å². The molecule has 0 N–H and O–H groups in total. The number of aryl methyl sites for hydroxylation is 1. The standard InChI is InChI=1S/C18H18FN2O.C2H6O4S/c1-3-21-16-13-14(19)9-10-17(16)22-18(21)11-12-20(2)15-7-5-4-6-8-15;1-2-6-7(3,4)5/h4-13H,3H2,1-2H3;2H2,1H3,(H,3,4,5)/q+1;/p-1. The first-order valence-corrected chi connectivity index (χ1v) is 10.3. The molecule has 3 rings (SSSR count). The maximum Gasteiger partial charge on any atom is 0.375 e. The third kappa shape index (κ3) is 6.67. The number of hydrogen-bond donors (Lipinski definition) is 0. The summed E-state index contributed by atoms with van der Waals surface area (Å²) in [6, 6.07) is 14.6. The van der Waals surface area contributed by atoms with Gasteiger partial charge in [0.15, 0.2) is 0 Å². The quantitative estimate of drug-likeness (QED) is 0.343. The minimum absolute atomic E-state index is 0.0914. The van der Waals surface area contributed by atoms with Gasteiger partial charge in [-0.05, 0) is 38.1 Å². The van der Waals surface area contributed by atoms with E-state index in [9.17, 15) is 17.4 Å². The maximum atomic E-state index is 13.4. The maximum absolute atomic E-state index is 13.4. The monoisotopic (exact) mass is 422 g/mol. The van der Waals surface area contributed by atoms with E-state index in [0.29, 0.717) is 18.0 Å². The fraction of sp³-hybridized carbons (Fsp3) is 0.250. The second kappa shape index (κ2) is 10.1. The average molecular weight is 422 g/mol. The summed E-state index contributed by atoms with van der Waals surface area (Å²) in [6.45, 7) is 4.06. The van der Waals surface area contributed by atoms with Gasteiger partial charge in [0.05, 0.1) is 12.7 Å². The van der Waals surface area contributed by atoms with Crippen molar-refractivity contribution in [1.29, 1.82) is 0 Å². The molecule has 1 heterocycles. The number of para-hydroxylation sites is 1. The van der Waals surface area contributed by atoms with E-state index in [1.165, 1.54) is 19.1 Å². The van der Waals surface area contributed by atoms with Crippen LogP contribution in [0.5, 0.6) is 0 Å². The number of oxazole rings is 1. The number of rotatable bonds is 6. The van der Waals surface area contributed by atoms with Crippen molar-refractivity contribution in [2.75, 3.05) is 18.6 Å². The fourth-order valence-electron chi connectivity index (χ4n) is 2.59. The van der Waals surface area contributed by atoms with Crippen LogP contribution in [0.2, 0.25) is 0 Å². The van der Waals surface area contributed by atoms with Gasteiger partial charge in [-0.2, -0.15) is 4.57 Å². The smallest absolute Gasteiger partial charge is 0.375 e. The average Bonchev–Trinajstić information content (AvgIpc) is 3.03. The highest BCUT2D eigenvalue weighted by atomic mass is 32.3. The molecule has 0 fully saturated rings. The lowest BCUT2D eigenvalue weighted by atomic mass is 10.3. The summed E-state index contributed by atoms with van der Waals surface area (Å²) in [4.78, 5) is 2.01. The van der Waals surface area contributed by atoms with E-state index in [1.807, 2.05) is 66.0 Å². The number of nitrogens with zero attached hydrogens (tertiary/aromatic N) is 2. The van der Waals surface area contributed by atoms with Crippen molar-refractivity contribution in [3.8, 4) is 0 Å². The molecule has 0 aliphatic carbocycles. The van der Waals surface area contributed by atoms with Crippen LogP contribution >= 0.6 is 0 Å².